The Labute approximate surface area is 150 Å². The second kappa shape index (κ2) is 8.00. The summed E-state index contributed by atoms with van der Waals surface area (Å²) in [5.74, 6) is 1.74. The molecule has 4 heteroatoms. The minimum atomic E-state index is -0.489. The van der Waals surface area contributed by atoms with Crippen molar-refractivity contribution in [2.24, 2.45) is 0 Å². The van der Waals surface area contributed by atoms with E-state index in [4.69, 9.17) is 16.3 Å². The van der Waals surface area contributed by atoms with Crippen LogP contribution in [0.1, 0.15) is 11.1 Å². The van der Waals surface area contributed by atoms with Crippen LogP contribution in [-0.4, -0.2) is 4.27 Å². The minimum Gasteiger partial charge on any atom is -0.471 e. The third kappa shape index (κ3) is 4.84. The Morgan fingerprint density at radius 2 is 1.35 bits per heavy atom. The fraction of sp³-hybridized carbons (Fsp3) is 0.158. The maximum Gasteiger partial charge on any atom is 0.222 e. The molecule has 0 unspecified atom stereocenters. The smallest absolute Gasteiger partial charge is 0.222 e. The molecule has 0 aliphatic carbocycles. The summed E-state index contributed by atoms with van der Waals surface area (Å²) in [7, 11) is 0. The molecule has 1 nitrogen and oxygen atoms in total. The Kier molecular flexibility index (Phi) is 5.76. The van der Waals surface area contributed by atoms with Crippen molar-refractivity contribution >= 4 is 35.1 Å². The highest BCUT2D eigenvalue weighted by molar-refractivity contribution is 8.17. The van der Waals surface area contributed by atoms with Gasteiger partial charge in [0.15, 0.2) is 0 Å². The van der Waals surface area contributed by atoms with Gasteiger partial charge in [-0.2, -0.15) is 0 Å². The maximum absolute atomic E-state index is 6.23. The van der Waals surface area contributed by atoms with E-state index in [0.717, 1.165) is 16.5 Å². The van der Waals surface area contributed by atoms with Gasteiger partial charge in [-0.25, -0.2) is 0 Å². The van der Waals surface area contributed by atoms with E-state index in [0.29, 0.717) is 0 Å². The van der Waals surface area contributed by atoms with Gasteiger partial charge in [0.05, 0.1) is 6.26 Å². The van der Waals surface area contributed by atoms with E-state index in [2.05, 4.69) is 48.5 Å². The monoisotopic (exact) mass is 360 g/mol. The fourth-order valence-electron chi connectivity index (χ4n) is 2.15. The van der Waals surface area contributed by atoms with Gasteiger partial charge in [0.25, 0.3) is 0 Å². The predicted molar refractivity (Wildman–Crippen MR) is 102 cm³/mol. The molecular formula is C19H17ClOS2. The molecule has 2 aromatic rings. The van der Waals surface area contributed by atoms with Crippen molar-refractivity contribution in [1.29, 1.82) is 0 Å². The number of allylic oxidation sites excluding steroid dienone is 2. The molecule has 0 bridgehead atoms. The van der Waals surface area contributed by atoms with Gasteiger partial charge in [0.1, 0.15) is 0 Å². The Morgan fingerprint density at radius 1 is 0.826 bits per heavy atom. The fourth-order valence-corrected chi connectivity index (χ4v) is 4.96. The van der Waals surface area contributed by atoms with Crippen molar-refractivity contribution in [3.8, 4) is 0 Å². The van der Waals surface area contributed by atoms with Crippen molar-refractivity contribution in [3.05, 3.63) is 95.2 Å². The molecule has 0 spiro atoms. The van der Waals surface area contributed by atoms with Gasteiger partial charge in [-0.05, 0) is 23.3 Å². The van der Waals surface area contributed by atoms with Gasteiger partial charge in [0.2, 0.25) is 4.27 Å². The van der Waals surface area contributed by atoms with Gasteiger partial charge < -0.3 is 4.74 Å². The van der Waals surface area contributed by atoms with Crippen LogP contribution >= 0.6 is 35.1 Å². The van der Waals surface area contributed by atoms with E-state index in [1.54, 1.807) is 35.9 Å². The third-order valence-corrected chi connectivity index (χ3v) is 6.47. The molecule has 1 aliphatic heterocycles. The van der Waals surface area contributed by atoms with Crippen LogP contribution in [0.3, 0.4) is 0 Å². The zero-order valence-electron chi connectivity index (χ0n) is 12.5. The van der Waals surface area contributed by atoms with Gasteiger partial charge in [-0.15, -0.1) is 0 Å². The summed E-state index contributed by atoms with van der Waals surface area (Å²) in [6.45, 7) is 0. The normalized spacial score (nSPS) is 15.8. The van der Waals surface area contributed by atoms with Crippen molar-refractivity contribution in [2.45, 2.75) is 15.8 Å². The predicted octanol–water partition coefficient (Wildman–Crippen LogP) is 6.17. The van der Waals surface area contributed by atoms with Crippen LogP contribution in [0.15, 0.2) is 84.1 Å². The molecule has 0 radical (unpaired) electrons. The van der Waals surface area contributed by atoms with Crippen LogP contribution in [0.25, 0.3) is 0 Å². The van der Waals surface area contributed by atoms with E-state index in [1.165, 1.54) is 11.1 Å². The van der Waals surface area contributed by atoms with Crippen molar-refractivity contribution < 1.29 is 4.74 Å². The van der Waals surface area contributed by atoms with E-state index in [-0.39, 0.29) is 0 Å². The van der Waals surface area contributed by atoms with E-state index < -0.39 is 4.27 Å². The lowest BCUT2D eigenvalue weighted by Gasteiger charge is -2.31. The second-order valence-electron chi connectivity index (χ2n) is 5.10. The highest BCUT2D eigenvalue weighted by Gasteiger charge is 2.32. The Bertz CT molecular complexity index is 640. The molecule has 0 atom stereocenters. The first kappa shape index (κ1) is 16.6. The highest BCUT2D eigenvalue weighted by Crippen LogP contribution is 2.46. The van der Waals surface area contributed by atoms with Crippen LogP contribution in [0.4, 0.5) is 0 Å². The van der Waals surface area contributed by atoms with Crippen molar-refractivity contribution in [1.82, 2.24) is 0 Å². The first-order valence-electron chi connectivity index (χ1n) is 7.34. The molecule has 118 valence electrons. The van der Waals surface area contributed by atoms with E-state index >= 15 is 0 Å². The van der Waals surface area contributed by atoms with Crippen LogP contribution in [0.5, 0.6) is 0 Å². The number of halogens is 1. The standard InChI is InChI=1S/C19H17ClOS2/c20-18-11-12-21-19(13-18,22-14-16-7-3-1-4-8-16)23-15-17-9-5-2-6-10-17/h1-13H,14-15H2. The number of benzene rings is 2. The van der Waals surface area contributed by atoms with Crippen LogP contribution in [0, 0.1) is 0 Å². The third-order valence-electron chi connectivity index (χ3n) is 3.34. The molecule has 0 saturated heterocycles. The first-order chi connectivity index (χ1) is 11.3. The summed E-state index contributed by atoms with van der Waals surface area (Å²) in [5.41, 5.74) is 2.56. The highest BCUT2D eigenvalue weighted by atomic mass is 35.5. The number of thioether (sulfide) groups is 2. The van der Waals surface area contributed by atoms with Crippen LogP contribution < -0.4 is 0 Å². The molecule has 0 saturated carbocycles. The van der Waals surface area contributed by atoms with E-state index in [1.807, 2.05) is 18.2 Å². The lowest BCUT2D eigenvalue weighted by Crippen LogP contribution is -2.22. The van der Waals surface area contributed by atoms with Crippen LogP contribution in [0.2, 0.25) is 0 Å². The number of rotatable bonds is 6. The maximum atomic E-state index is 6.23. The molecular weight excluding hydrogens is 344 g/mol. The molecule has 0 N–H and O–H groups in total. The van der Waals surface area contributed by atoms with Crippen molar-refractivity contribution in [3.63, 3.8) is 0 Å². The zero-order valence-corrected chi connectivity index (χ0v) is 14.9. The number of ether oxygens (including phenoxy) is 1. The quantitative estimate of drug-likeness (QED) is 0.570. The first-order valence-corrected chi connectivity index (χ1v) is 9.69. The zero-order chi connectivity index (χ0) is 16.0. The summed E-state index contributed by atoms with van der Waals surface area (Å²) in [5, 5.41) is 0.720. The molecule has 23 heavy (non-hydrogen) atoms. The number of hydrogen-bond donors (Lipinski definition) is 0. The summed E-state index contributed by atoms with van der Waals surface area (Å²) in [6, 6.07) is 20.8. The Morgan fingerprint density at radius 3 is 1.83 bits per heavy atom. The van der Waals surface area contributed by atoms with E-state index in [9.17, 15) is 0 Å². The second-order valence-corrected chi connectivity index (χ2v) is 8.16. The molecule has 0 aromatic heterocycles. The molecule has 0 amide bonds. The summed E-state index contributed by atoms with van der Waals surface area (Å²) < 4.78 is 5.48. The minimum absolute atomic E-state index is 0.489. The van der Waals surface area contributed by atoms with Gasteiger partial charge in [0, 0.05) is 16.5 Å². The topological polar surface area (TPSA) is 9.23 Å². The number of hydrogen-bond acceptors (Lipinski definition) is 3. The van der Waals surface area contributed by atoms with Gasteiger partial charge in [-0.3, -0.25) is 0 Å². The SMILES string of the molecule is ClC1=CC(SCc2ccccc2)(SCc2ccccc2)OC=C1. The molecule has 1 heterocycles. The van der Waals surface area contributed by atoms with Gasteiger partial charge in [-0.1, -0.05) is 95.8 Å². The Hall–Kier alpha value is -1.29. The summed E-state index contributed by atoms with van der Waals surface area (Å²) in [6.07, 6.45) is 5.47. The average molecular weight is 361 g/mol. The largest absolute Gasteiger partial charge is 0.471 e. The lowest BCUT2D eigenvalue weighted by molar-refractivity contribution is 0.229. The molecule has 2 aromatic carbocycles. The summed E-state index contributed by atoms with van der Waals surface area (Å²) >= 11 is 9.73. The lowest BCUT2D eigenvalue weighted by atomic mass is 10.2. The molecule has 1 aliphatic rings. The van der Waals surface area contributed by atoms with Gasteiger partial charge >= 0.3 is 0 Å². The molecule has 3 rings (SSSR count). The summed E-state index contributed by atoms with van der Waals surface area (Å²) in [4.78, 5) is 0. The Balaban J connectivity index is 1.71. The average Bonchev–Trinajstić information content (AvgIpc) is 2.60. The molecule has 0 fully saturated rings. The van der Waals surface area contributed by atoms with Crippen LogP contribution in [-0.2, 0) is 16.2 Å². The van der Waals surface area contributed by atoms with Crippen molar-refractivity contribution in [2.75, 3.05) is 0 Å².